The van der Waals surface area contributed by atoms with Crippen molar-refractivity contribution in [2.75, 3.05) is 17.7 Å². The molecule has 1 aromatic carbocycles. The molecule has 6 nitrogen and oxygen atoms in total. The Labute approximate surface area is 141 Å². The summed E-state index contributed by atoms with van der Waals surface area (Å²) >= 11 is 0. The van der Waals surface area contributed by atoms with Crippen LogP contribution in [0.15, 0.2) is 36.7 Å². The molecule has 0 spiro atoms. The topological polar surface area (TPSA) is 80.3 Å². The first-order valence-electron chi connectivity index (χ1n) is 7.62. The van der Waals surface area contributed by atoms with Gasteiger partial charge in [-0.25, -0.2) is 0 Å². The van der Waals surface area contributed by atoms with E-state index in [0.29, 0.717) is 22.7 Å². The van der Waals surface area contributed by atoms with E-state index in [1.54, 1.807) is 51.4 Å². The molecule has 0 fully saturated rings. The van der Waals surface area contributed by atoms with Gasteiger partial charge < -0.3 is 15.4 Å². The number of nitrogens with one attached hydrogen (secondary N) is 2. The Bertz CT molecular complexity index is 757. The number of hydrogen-bond acceptors (Lipinski definition) is 4. The van der Waals surface area contributed by atoms with Gasteiger partial charge >= 0.3 is 0 Å². The average molecular weight is 327 g/mol. The highest BCUT2D eigenvalue weighted by molar-refractivity contribution is 6.07. The zero-order valence-corrected chi connectivity index (χ0v) is 14.2. The molecular formula is C18H21N3O3. The van der Waals surface area contributed by atoms with Gasteiger partial charge in [-0.3, -0.25) is 14.6 Å². The highest BCUT2D eigenvalue weighted by Gasteiger charge is 2.14. The van der Waals surface area contributed by atoms with Crippen LogP contribution < -0.4 is 15.4 Å². The minimum Gasteiger partial charge on any atom is -0.497 e. The van der Waals surface area contributed by atoms with Gasteiger partial charge in [0.2, 0.25) is 5.91 Å². The lowest BCUT2D eigenvalue weighted by Gasteiger charge is -2.15. The Morgan fingerprint density at radius 2 is 1.83 bits per heavy atom. The van der Waals surface area contributed by atoms with E-state index >= 15 is 0 Å². The molecule has 0 aliphatic rings. The first-order chi connectivity index (χ1) is 11.4. The van der Waals surface area contributed by atoms with Crippen molar-refractivity contribution in [3.63, 3.8) is 0 Å². The van der Waals surface area contributed by atoms with Gasteiger partial charge in [-0.05, 0) is 30.7 Å². The maximum Gasteiger partial charge on any atom is 0.257 e. The van der Waals surface area contributed by atoms with Gasteiger partial charge in [0.15, 0.2) is 0 Å². The number of methoxy groups -OCH3 is 1. The van der Waals surface area contributed by atoms with E-state index in [0.717, 1.165) is 5.56 Å². The van der Waals surface area contributed by atoms with Crippen molar-refractivity contribution in [3.05, 3.63) is 47.8 Å². The standard InChI is InChI=1S/C18H21N3O3/c1-11(2)17(22)21-16-8-14(24-4)5-6-15(16)20-18(23)13-7-12(3)9-19-10-13/h5-11H,1-4H3,(H,20,23)(H,21,22). The van der Waals surface area contributed by atoms with Gasteiger partial charge in [-0.1, -0.05) is 13.8 Å². The van der Waals surface area contributed by atoms with Crippen LogP contribution in [0.25, 0.3) is 0 Å². The number of pyridine rings is 1. The normalized spacial score (nSPS) is 10.4. The summed E-state index contributed by atoms with van der Waals surface area (Å²) in [4.78, 5) is 28.4. The van der Waals surface area contributed by atoms with Crippen molar-refractivity contribution in [2.24, 2.45) is 5.92 Å². The minimum atomic E-state index is -0.295. The molecule has 0 bridgehead atoms. The molecule has 0 aliphatic carbocycles. The van der Waals surface area contributed by atoms with Crippen molar-refractivity contribution in [3.8, 4) is 5.75 Å². The lowest BCUT2D eigenvalue weighted by Crippen LogP contribution is -2.20. The van der Waals surface area contributed by atoms with Crippen molar-refractivity contribution >= 4 is 23.2 Å². The minimum absolute atomic E-state index is 0.143. The summed E-state index contributed by atoms with van der Waals surface area (Å²) in [6, 6.07) is 6.83. The fourth-order valence-electron chi connectivity index (χ4n) is 2.01. The maximum absolute atomic E-state index is 12.4. The fourth-order valence-corrected chi connectivity index (χ4v) is 2.01. The van der Waals surface area contributed by atoms with Crippen LogP contribution in [0.4, 0.5) is 11.4 Å². The van der Waals surface area contributed by atoms with E-state index in [2.05, 4.69) is 15.6 Å². The van der Waals surface area contributed by atoms with Crippen LogP contribution in [0.3, 0.4) is 0 Å². The summed E-state index contributed by atoms with van der Waals surface area (Å²) in [7, 11) is 1.54. The molecule has 0 aliphatic heterocycles. The Hall–Kier alpha value is -2.89. The molecule has 2 amide bonds. The van der Waals surface area contributed by atoms with Gasteiger partial charge in [-0.2, -0.15) is 0 Å². The number of nitrogens with zero attached hydrogens (tertiary/aromatic N) is 1. The Balaban J connectivity index is 2.28. The molecule has 2 rings (SSSR count). The SMILES string of the molecule is COc1ccc(NC(=O)c2cncc(C)c2)c(NC(=O)C(C)C)c1. The number of anilines is 2. The molecule has 0 radical (unpaired) electrons. The Kier molecular flexibility index (Phi) is 5.52. The number of amides is 2. The lowest BCUT2D eigenvalue weighted by atomic mass is 10.1. The number of aromatic nitrogens is 1. The van der Waals surface area contributed by atoms with Crippen LogP contribution in [0.2, 0.25) is 0 Å². The zero-order chi connectivity index (χ0) is 17.7. The summed E-state index contributed by atoms with van der Waals surface area (Å²) in [5, 5.41) is 5.60. The number of ether oxygens (including phenoxy) is 1. The molecule has 0 saturated heterocycles. The van der Waals surface area contributed by atoms with Crippen LogP contribution in [-0.4, -0.2) is 23.9 Å². The molecule has 24 heavy (non-hydrogen) atoms. The third-order valence-electron chi connectivity index (χ3n) is 3.39. The zero-order valence-electron chi connectivity index (χ0n) is 14.2. The Morgan fingerprint density at radius 3 is 2.46 bits per heavy atom. The molecule has 2 aromatic rings. The first kappa shape index (κ1) is 17.5. The number of aryl methyl sites for hydroxylation is 1. The van der Waals surface area contributed by atoms with Crippen LogP contribution in [-0.2, 0) is 4.79 Å². The number of carbonyl (C=O) groups excluding carboxylic acids is 2. The van der Waals surface area contributed by atoms with Crippen LogP contribution in [0.5, 0.6) is 5.75 Å². The third kappa shape index (κ3) is 4.32. The Morgan fingerprint density at radius 1 is 1.08 bits per heavy atom. The molecule has 126 valence electrons. The van der Waals surface area contributed by atoms with E-state index < -0.39 is 0 Å². The van der Waals surface area contributed by atoms with Gasteiger partial charge in [0.1, 0.15) is 5.75 Å². The van der Waals surface area contributed by atoms with Crippen molar-refractivity contribution < 1.29 is 14.3 Å². The molecular weight excluding hydrogens is 306 g/mol. The van der Waals surface area contributed by atoms with E-state index in [1.807, 2.05) is 6.92 Å². The molecule has 0 unspecified atom stereocenters. The summed E-state index contributed by atoms with van der Waals surface area (Å²) in [6.45, 7) is 5.46. The van der Waals surface area contributed by atoms with Crippen LogP contribution in [0.1, 0.15) is 29.8 Å². The van der Waals surface area contributed by atoms with Gasteiger partial charge in [-0.15, -0.1) is 0 Å². The highest BCUT2D eigenvalue weighted by Crippen LogP contribution is 2.28. The lowest BCUT2D eigenvalue weighted by molar-refractivity contribution is -0.118. The maximum atomic E-state index is 12.4. The van der Waals surface area contributed by atoms with Crippen LogP contribution in [0, 0.1) is 12.8 Å². The second-order valence-corrected chi connectivity index (χ2v) is 5.76. The summed E-state index contributed by atoms with van der Waals surface area (Å²) in [6.07, 6.45) is 3.18. The summed E-state index contributed by atoms with van der Waals surface area (Å²) in [5.74, 6) is -0.0302. The van der Waals surface area contributed by atoms with Crippen LogP contribution >= 0.6 is 0 Å². The van der Waals surface area contributed by atoms with Gasteiger partial charge in [0, 0.05) is 24.4 Å². The summed E-state index contributed by atoms with van der Waals surface area (Å²) in [5.41, 5.74) is 2.33. The molecule has 6 heteroatoms. The number of rotatable bonds is 5. The van der Waals surface area contributed by atoms with E-state index in [4.69, 9.17) is 4.74 Å². The van der Waals surface area contributed by atoms with E-state index in [-0.39, 0.29) is 17.7 Å². The highest BCUT2D eigenvalue weighted by atomic mass is 16.5. The first-order valence-corrected chi connectivity index (χ1v) is 7.62. The third-order valence-corrected chi connectivity index (χ3v) is 3.39. The second-order valence-electron chi connectivity index (χ2n) is 5.76. The van der Waals surface area contributed by atoms with E-state index in [9.17, 15) is 9.59 Å². The average Bonchev–Trinajstić information content (AvgIpc) is 2.56. The molecule has 0 saturated carbocycles. The predicted octanol–water partition coefficient (Wildman–Crippen LogP) is 3.25. The predicted molar refractivity (Wildman–Crippen MR) is 93.4 cm³/mol. The summed E-state index contributed by atoms with van der Waals surface area (Å²) < 4.78 is 5.18. The number of benzene rings is 1. The number of hydrogen-bond donors (Lipinski definition) is 2. The fraction of sp³-hybridized carbons (Fsp3) is 0.278. The monoisotopic (exact) mass is 327 g/mol. The molecule has 2 N–H and O–H groups in total. The smallest absolute Gasteiger partial charge is 0.257 e. The quantitative estimate of drug-likeness (QED) is 0.883. The second kappa shape index (κ2) is 7.59. The largest absolute Gasteiger partial charge is 0.497 e. The van der Waals surface area contributed by atoms with Crippen molar-refractivity contribution in [1.82, 2.24) is 4.98 Å². The van der Waals surface area contributed by atoms with Crippen molar-refractivity contribution in [2.45, 2.75) is 20.8 Å². The molecule has 1 heterocycles. The molecule has 1 aromatic heterocycles. The van der Waals surface area contributed by atoms with Gasteiger partial charge in [0.25, 0.3) is 5.91 Å². The van der Waals surface area contributed by atoms with E-state index in [1.165, 1.54) is 6.20 Å². The number of carbonyl (C=O) groups is 2. The molecule has 0 atom stereocenters. The van der Waals surface area contributed by atoms with Crippen molar-refractivity contribution in [1.29, 1.82) is 0 Å². The van der Waals surface area contributed by atoms with Gasteiger partial charge in [0.05, 0.1) is 24.0 Å².